The van der Waals surface area contributed by atoms with Gasteiger partial charge in [-0.15, -0.1) is 0 Å². The summed E-state index contributed by atoms with van der Waals surface area (Å²) in [5.41, 5.74) is 0.985. The molecule has 1 aromatic carbocycles. The first kappa shape index (κ1) is 17.1. The van der Waals surface area contributed by atoms with Crippen LogP contribution in [0.3, 0.4) is 0 Å². The first-order valence-electron chi connectivity index (χ1n) is 7.78. The van der Waals surface area contributed by atoms with Crippen LogP contribution in [-0.2, 0) is 20.8 Å². The molecule has 1 heterocycles. The summed E-state index contributed by atoms with van der Waals surface area (Å²) in [7, 11) is 1.61. The van der Waals surface area contributed by atoms with Crippen molar-refractivity contribution in [1.29, 1.82) is 0 Å². The van der Waals surface area contributed by atoms with Crippen molar-refractivity contribution in [2.45, 2.75) is 32.9 Å². The molecule has 0 N–H and O–H groups in total. The van der Waals surface area contributed by atoms with E-state index in [9.17, 15) is 9.59 Å². The first-order chi connectivity index (χ1) is 11.0. The number of carbonyl (C=O) groups excluding carboxylic acids is 2. The molecule has 0 spiro atoms. The fourth-order valence-corrected chi connectivity index (χ4v) is 2.59. The average Bonchev–Trinajstić information content (AvgIpc) is 2.89. The molecule has 1 amide bonds. The highest BCUT2D eigenvalue weighted by atomic mass is 16.6. The zero-order valence-electron chi connectivity index (χ0n) is 13.8. The summed E-state index contributed by atoms with van der Waals surface area (Å²) in [6.07, 6.45) is 0.183. The van der Waals surface area contributed by atoms with Crippen LogP contribution < -0.4 is 4.74 Å². The number of rotatable bonds is 7. The summed E-state index contributed by atoms with van der Waals surface area (Å²) >= 11 is 0. The second-order valence-corrected chi connectivity index (χ2v) is 5.60. The van der Waals surface area contributed by atoms with Gasteiger partial charge in [-0.3, -0.25) is 9.69 Å². The van der Waals surface area contributed by atoms with Gasteiger partial charge in [-0.25, -0.2) is 4.79 Å². The summed E-state index contributed by atoms with van der Waals surface area (Å²) < 4.78 is 15.3. The Balaban J connectivity index is 1.99. The molecule has 1 aliphatic heterocycles. The monoisotopic (exact) mass is 321 g/mol. The minimum absolute atomic E-state index is 0.121. The number of benzene rings is 1. The highest BCUT2D eigenvalue weighted by molar-refractivity contribution is 5.73. The van der Waals surface area contributed by atoms with Gasteiger partial charge >= 0.3 is 12.1 Å². The topological polar surface area (TPSA) is 65.1 Å². The van der Waals surface area contributed by atoms with Crippen molar-refractivity contribution in [2.75, 3.05) is 20.3 Å². The predicted molar refractivity (Wildman–Crippen MR) is 84.1 cm³/mol. The van der Waals surface area contributed by atoms with Crippen LogP contribution in [0.15, 0.2) is 24.3 Å². The van der Waals surface area contributed by atoms with Crippen LogP contribution in [-0.4, -0.2) is 43.3 Å². The van der Waals surface area contributed by atoms with Gasteiger partial charge in [0, 0.05) is 6.54 Å². The fourth-order valence-electron chi connectivity index (χ4n) is 2.59. The third-order valence-electron chi connectivity index (χ3n) is 3.90. The summed E-state index contributed by atoms with van der Waals surface area (Å²) in [6, 6.07) is 7.41. The molecule has 0 aromatic heterocycles. The van der Waals surface area contributed by atoms with E-state index in [-0.39, 0.29) is 24.0 Å². The van der Waals surface area contributed by atoms with Gasteiger partial charge < -0.3 is 14.2 Å². The lowest BCUT2D eigenvalue weighted by Gasteiger charge is -2.23. The van der Waals surface area contributed by atoms with Gasteiger partial charge in [0.1, 0.15) is 12.4 Å². The number of amides is 1. The van der Waals surface area contributed by atoms with E-state index in [1.807, 2.05) is 31.2 Å². The molecule has 1 saturated heterocycles. The van der Waals surface area contributed by atoms with Crippen molar-refractivity contribution in [3.63, 3.8) is 0 Å². The van der Waals surface area contributed by atoms with Crippen LogP contribution in [0, 0.1) is 5.92 Å². The smallest absolute Gasteiger partial charge is 0.410 e. The molecular formula is C17H23NO5. The van der Waals surface area contributed by atoms with Crippen molar-refractivity contribution in [2.24, 2.45) is 5.92 Å². The molecule has 6 heteroatoms. The third-order valence-corrected chi connectivity index (χ3v) is 3.90. The minimum atomic E-state index is -0.345. The van der Waals surface area contributed by atoms with E-state index < -0.39 is 0 Å². The van der Waals surface area contributed by atoms with E-state index in [1.165, 1.54) is 0 Å². The number of esters is 1. The van der Waals surface area contributed by atoms with E-state index in [4.69, 9.17) is 14.2 Å². The maximum Gasteiger partial charge on any atom is 0.410 e. The normalized spacial score (nSPS) is 18.5. The highest BCUT2D eigenvalue weighted by Crippen LogP contribution is 2.23. The molecule has 0 aliphatic carbocycles. The lowest BCUT2D eigenvalue weighted by Crippen LogP contribution is -2.35. The van der Waals surface area contributed by atoms with Crippen molar-refractivity contribution >= 4 is 12.1 Å². The Hall–Kier alpha value is -2.24. The van der Waals surface area contributed by atoms with E-state index in [0.717, 1.165) is 11.3 Å². The SMILES string of the molecule is CCOC(=O)[C@@H](C)C[C@@H]1COC(=O)N1Cc1ccc(OC)cc1. The summed E-state index contributed by atoms with van der Waals surface area (Å²) in [5.74, 6) is 0.259. The van der Waals surface area contributed by atoms with Crippen molar-refractivity contribution in [3.05, 3.63) is 29.8 Å². The summed E-state index contributed by atoms with van der Waals surface area (Å²) in [6.45, 7) is 4.70. The Kier molecular flexibility index (Phi) is 5.84. The summed E-state index contributed by atoms with van der Waals surface area (Å²) in [5, 5.41) is 0. The van der Waals surface area contributed by atoms with Crippen molar-refractivity contribution in [1.82, 2.24) is 4.90 Å². The van der Waals surface area contributed by atoms with E-state index in [1.54, 1.807) is 18.9 Å². The zero-order chi connectivity index (χ0) is 16.8. The lowest BCUT2D eigenvalue weighted by atomic mass is 10.0. The number of ether oxygens (including phenoxy) is 3. The Bertz CT molecular complexity index is 542. The first-order valence-corrected chi connectivity index (χ1v) is 7.78. The molecule has 126 valence electrons. The van der Waals surface area contributed by atoms with Gasteiger partial charge in [-0.05, 0) is 31.0 Å². The van der Waals surface area contributed by atoms with E-state index in [2.05, 4.69) is 0 Å². The molecule has 23 heavy (non-hydrogen) atoms. The van der Waals surface area contributed by atoms with Gasteiger partial charge in [0.05, 0.1) is 25.7 Å². The van der Waals surface area contributed by atoms with Gasteiger partial charge in [0.25, 0.3) is 0 Å². The molecule has 2 rings (SSSR count). The van der Waals surface area contributed by atoms with Crippen LogP contribution in [0.2, 0.25) is 0 Å². The highest BCUT2D eigenvalue weighted by Gasteiger charge is 2.35. The van der Waals surface area contributed by atoms with Gasteiger partial charge in [-0.2, -0.15) is 0 Å². The molecule has 1 fully saturated rings. The Morgan fingerprint density at radius 3 is 2.70 bits per heavy atom. The number of nitrogens with zero attached hydrogens (tertiary/aromatic N) is 1. The van der Waals surface area contributed by atoms with Crippen LogP contribution in [0.25, 0.3) is 0 Å². The third kappa shape index (κ3) is 4.37. The van der Waals surface area contributed by atoms with Crippen LogP contribution >= 0.6 is 0 Å². The predicted octanol–water partition coefficient (Wildman–Crippen LogP) is 2.61. The molecule has 1 aromatic rings. The molecule has 0 unspecified atom stereocenters. The molecule has 6 nitrogen and oxygen atoms in total. The van der Waals surface area contributed by atoms with Crippen molar-refractivity contribution in [3.8, 4) is 5.75 Å². The van der Waals surface area contributed by atoms with Gasteiger partial charge in [0.15, 0.2) is 0 Å². The zero-order valence-corrected chi connectivity index (χ0v) is 13.8. The Morgan fingerprint density at radius 2 is 2.09 bits per heavy atom. The van der Waals surface area contributed by atoms with Gasteiger partial charge in [0.2, 0.25) is 0 Å². The molecular weight excluding hydrogens is 298 g/mol. The molecule has 0 radical (unpaired) electrons. The van der Waals surface area contributed by atoms with E-state index >= 15 is 0 Å². The van der Waals surface area contributed by atoms with Gasteiger partial charge in [-0.1, -0.05) is 19.1 Å². The van der Waals surface area contributed by atoms with Crippen LogP contribution in [0.4, 0.5) is 4.79 Å². The number of carbonyl (C=O) groups is 2. The Labute approximate surface area is 136 Å². The van der Waals surface area contributed by atoms with Crippen molar-refractivity contribution < 1.29 is 23.8 Å². The number of methoxy groups -OCH3 is 1. The molecule has 2 atom stereocenters. The standard InChI is InChI=1S/C17H23NO5/c1-4-22-16(19)12(2)9-14-11-23-17(20)18(14)10-13-5-7-15(21-3)8-6-13/h5-8,12,14H,4,9-11H2,1-3H3/t12-,14+/m0/s1. The molecule has 0 saturated carbocycles. The second-order valence-electron chi connectivity index (χ2n) is 5.60. The fraction of sp³-hybridized carbons (Fsp3) is 0.529. The summed E-state index contributed by atoms with van der Waals surface area (Å²) in [4.78, 5) is 25.4. The minimum Gasteiger partial charge on any atom is -0.497 e. The lowest BCUT2D eigenvalue weighted by molar-refractivity contribution is -0.148. The van der Waals surface area contributed by atoms with Crippen LogP contribution in [0.1, 0.15) is 25.8 Å². The largest absolute Gasteiger partial charge is 0.497 e. The Morgan fingerprint density at radius 1 is 1.39 bits per heavy atom. The quantitative estimate of drug-likeness (QED) is 0.722. The maximum absolute atomic E-state index is 12.0. The average molecular weight is 321 g/mol. The second kappa shape index (κ2) is 7.85. The van der Waals surface area contributed by atoms with Crippen LogP contribution in [0.5, 0.6) is 5.75 Å². The number of cyclic esters (lactones) is 1. The molecule has 0 bridgehead atoms. The maximum atomic E-state index is 12.0. The number of hydrogen-bond donors (Lipinski definition) is 0. The number of hydrogen-bond acceptors (Lipinski definition) is 5. The van der Waals surface area contributed by atoms with E-state index in [0.29, 0.717) is 26.2 Å². The molecule has 1 aliphatic rings.